The average molecular weight is 258 g/mol. The van der Waals surface area contributed by atoms with Crippen molar-refractivity contribution in [2.24, 2.45) is 0 Å². The van der Waals surface area contributed by atoms with E-state index in [9.17, 15) is 4.39 Å². The van der Waals surface area contributed by atoms with Crippen LogP contribution in [-0.2, 0) is 4.74 Å². The zero-order valence-corrected chi connectivity index (χ0v) is 11.4. The van der Waals surface area contributed by atoms with Crippen LogP contribution in [0.25, 0.3) is 0 Å². The van der Waals surface area contributed by atoms with Gasteiger partial charge >= 0.3 is 0 Å². The molecule has 0 amide bonds. The summed E-state index contributed by atoms with van der Waals surface area (Å²) in [5.41, 5.74) is 3.28. The topological polar surface area (TPSA) is 9.23 Å². The Bertz CT molecular complexity index is 527. The lowest BCUT2D eigenvalue weighted by Crippen LogP contribution is -1.98. The van der Waals surface area contributed by atoms with E-state index in [1.54, 1.807) is 0 Å². The number of hydrogen-bond acceptors (Lipinski definition) is 1. The highest BCUT2D eigenvalue weighted by molar-refractivity contribution is 5.33. The molecule has 0 aromatic carbocycles. The average Bonchev–Trinajstić information content (AvgIpc) is 2.66. The van der Waals surface area contributed by atoms with E-state index < -0.39 is 0 Å². The molecule has 0 saturated carbocycles. The molecule has 0 saturated heterocycles. The first-order valence-corrected chi connectivity index (χ1v) is 6.54. The maximum absolute atomic E-state index is 13.8. The van der Waals surface area contributed by atoms with Crippen molar-refractivity contribution in [3.8, 4) is 0 Å². The highest BCUT2D eigenvalue weighted by Crippen LogP contribution is 2.21. The molecule has 1 nitrogen and oxygen atoms in total. The molecule has 0 aliphatic heterocycles. The van der Waals surface area contributed by atoms with Gasteiger partial charge in [-0.2, -0.15) is 0 Å². The molecule has 0 bridgehead atoms. The van der Waals surface area contributed by atoms with Gasteiger partial charge in [0.1, 0.15) is 12.4 Å². The van der Waals surface area contributed by atoms with Crippen LogP contribution in [0.1, 0.15) is 26.7 Å². The Morgan fingerprint density at radius 2 is 1.89 bits per heavy atom. The van der Waals surface area contributed by atoms with Crippen LogP contribution in [0.4, 0.5) is 4.39 Å². The van der Waals surface area contributed by atoms with Gasteiger partial charge in [-0.25, -0.2) is 4.39 Å². The Balaban J connectivity index is 2.03. The van der Waals surface area contributed by atoms with E-state index in [1.807, 2.05) is 31.2 Å². The molecule has 0 fully saturated rings. The first kappa shape index (κ1) is 13.6. The van der Waals surface area contributed by atoms with E-state index in [0.29, 0.717) is 18.8 Å². The third-order valence-corrected chi connectivity index (χ3v) is 3.07. The molecule has 2 rings (SSSR count). The Labute approximate surface area is 114 Å². The minimum absolute atomic E-state index is 0.271. The van der Waals surface area contributed by atoms with E-state index >= 15 is 0 Å². The predicted molar refractivity (Wildman–Crippen MR) is 77.2 cm³/mol. The van der Waals surface area contributed by atoms with E-state index in [4.69, 9.17) is 4.74 Å². The Kier molecular flexibility index (Phi) is 4.56. The van der Waals surface area contributed by atoms with Crippen molar-refractivity contribution < 1.29 is 9.13 Å². The van der Waals surface area contributed by atoms with Crippen LogP contribution in [0, 0.1) is 0 Å². The number of hydrogen-bond donors (Lipinski definition) is 0. The van der Waals surface area contributed by atoms with Crippen molar-refractivity contribution in [1.82, 2.24) is 0 Å². The van der Waals surface area contributed by atoms with Gasteiger partial charge in [0.05, 0.1) is 0 Å². The molecule has 0 unspecified atom stereocenters. The number of ether oxygens (including phenoxy) is 1. The standard InChI is InChI=1S/C17H19FO/c1-13-5-3-7-15(10-9-13)12-19-17-8-4-6-14(2)11-16(17)18/h3-4,6-7,9-11H,5,8,12H2,1-2H3. The Morgan fingerprint density at radius 3 is 2.74 bits per heavy atom. The monoisotopic (exact) mass is 258 g/mol. The maximum atomic E-state index is 13.8. The second-order valence-electron chi connectivity index (χ2n) is 4.92. The fourth-order valence-corrected chi connectivity index (χ4v) is 1.94. The van der Waals surface area contributed by atoms with Crippen LogP contribution in [0.5, 0.6) is 0 Å². The van der Waals surface area contributed by atoms with E-state index in [0.717, 1.165) is 17.6 Å². The molecule has 0 aromatic rings. The van der Waals surface area contributed by atoms with Crippen molar-refractivity contribution in [3.63, 3.8) is 0 Å². The molecule has 0 N–H and O–H groups in total. The second kappa shape index (κ2) is 6.37. The first-order chi connectivity index (χ1) is 9.15. The molecule has 2 heteroatoms. The van der Waals surface area contributed by atoms with Gasteiger partial charge in [0.15, 0.2) is 5.83 Å². The zero-order valence-electron chi connectivity index (χ0n) is 11.4. The summed E-state index contributed by atoms with van der Waals surface area (Å²) in [4.78, 5) is 0. The molecule has 0 heterocycles. The lowest BCUT2D eigenvalue weighted by Gasteiger charge is -2.09. The van der Waals surface area contributed by atoms with Crippen LogP contribution >= 0.6 is 0 Å². The molecule has 2 aliphatic carbocycles. The van der Waals surface area contributed by atoms with Gasteiger partial charge in [0.25, 0.3) is 0 Å². The minimum atomic E-state index is -0.271. The molecule has 0 aromatic heterocycles. The lowest BCUT2D eigenvalue weighted by molar-refractivity contribution is 0.226. The van der Waals surface area contributed by atoms with Gasteiger partial charge in [-0.3, -0.25) is 0 Å². The van der Waals surface area contributed by atoms with E-state index in [1.165, 1.54) is 11.6 Å². The maximum Gasteiger partial charge on any atom is 0.161 e. The predicted octanol–water partition coefficient (Wildman–Crippen LogP) is 4.92. The van der Waals surface area contributed by atoms with Gasteiger partial charge in [-0.05, 0) is 37.5 Å². The lowest BCUT2D eigenvalue weighted by atomic mass is 10.2. The van der Waals surface area contributed by atoms with Crippen molar-refractivity contribution in [3.05, 3.63) is 70.8 Å². The molecule has 0 radical (unpaired) electrons. The fraction of sp³-hybridized carbons (Fsp3) is 0.294. The molecular weight excluding hydrogens is 239 g/mol. The first-order valence-electron chi connectivity index (χ1n) is 6.54. The smallest absolute Gasteiger partial charge is 0.161 e. The summed E-state index contributed by atoms with van der Waals surface area (Å²) in [7, 11) is 0. The van der Waals surface area contributed by atoms with E-state index in [2.05, 4.69) is 19.1 Å². The fourth-order valence-electron chi connectivity index (χ4n) is 1.94. The molecule has 2 aliphatic rings. The van der Waals surface area contributed by atoms with Crippen molar-refractivity contribution >= 4 is 0 Å². The van der Waals surface area contributed by atoms with Gasteiger partial charge in [0, 0.05) is 6.42 Å². The number of rotatable bonds is 3. The van der Waals surface area contributed by atoms with Gasteiger partial charge in [-0.15, -0.1) is 0 Å². The molecule has 0 spiro atoms. The normalized spacial score (nSPS) is 19.4. The van der Waals surface area contributed by atoms with Crippen molar-refractivity contribution in [2.45, 2.75) is 26.7 Å². The van der Waals surface area contributed by atoms with Crippen LogP contribution in [0.15, 0.2) is 70.8 Å². The van der Waals surface area contributed by atoms with Gasteiger partial charge < -0.3 is 4.74 Å². The number of allylic oxidation sites excluding steroid dienone is 9. The van der Waals surface area contributed by atoms with Crippen LogP contribution < -0.4 is 0 Å². The van der Waals surface area contributed by atoms with E-state index in [-0.39, 0.29) is 5.83 Å². The van der Waals surface area contributed by atoms with Crippen LogP contribution in [0.3, 0.4) is 0 Å². The summed E-state index contributed by atoms with van der Waals surface area (Å²) >= 11 is 0. The summed E-state index contributed by atoms with van der Waals surface area (Å²) in [6.45, 7) is 4.38. The summed E-state index contributed by atoms with van der Waals surface area (Å²) < 4.78 is 19.5. The van der Waals surface area contributed by atoms with Crippen molar-refractivity contribution in [2.75, 3.05) is 6.61 Å². The summed E-state index contributed by atoms with van der Waals surface area (Å²) in [5.74, 6) is 0.139. The molecule has 19 heavy (non-hydrogen) atoms. The third-order valence-electron chi connectivity index (χ3n) is 3.07. The Morgan fingerprint density at radius 1 is 1.11 bits per heavy atom. The van der Waals surface area contributed by atoms with Crippen LogP contribution in [0.2, 0.25) is 0 Å². The van der Waals surface area contributed by atoms with Gasteiger partial charge in [-0.1, -0.05) is 42.0 Å². The SMILES string of the molecule is CC1=CC(F)=C(OCC2=CC=C(C)CC=C2)CC=C1. The minimum Gasteiger partial charge on any atom is -0.490 e. The largest absolute Gasteiger partial charge is 0.490 e. The third kappa shape index (κ3) is 4.09. The second-order valence-corrected chi connectivity index (χ2v) is 4.92. The summed E-state index contributed by atoms with van der Waals surface area (Å²) in [5, 5.41) is 0. The molecular formula is C17H19FO. The molecule has 100 valence electrons. The highest BCUT2D eigenvalue weighted by Gasteiger charge is 2.08. The number of halogens is 1. The summed E-state index contributed by atoms with van der Waals surface area (Å²) in [6, 6.07) is 0. The van der Waals surface area contributed by atoms with Gasteiger partial charge in [0.2, 0.25) is 0 Å². The quantitative estimate of drug-likeness (QED) is 0.698. The Hall–Kier alpha value is -1.83. The zero-order chi connectivity index (χ0) is 13.7. The summed E-state index contributed by atoms with van der Waals surface area (Å²) in [6.07, 6.45) is 15.1. The molecule has 0 atom stereocenters. The van der Waals surface area contributed by atoms with Crippen molar-refractivity contribution in [1.29, 1.82) is 0 Å². The van der Waals surface area contributed by atoms with Crippen LogP contribution in [-0.4, -0.2) is 6.61 Å². The highest BCUT2D eigenvalue weighted by atomic mass is 19.1.